The van der Waals surface area contributed by atoms with E-state index in [1.54, 1.807) is 0 Å². The number of hydrogen-bond acceptors (Lipinski definition) is 2. The summed E-state index contributed by atoms with van der Waals surface area (Å²) in [5.41, 5.74) is 0.811. The Bertz CT molecular complexity index is 398. The Balaban J connectivity index is 2.05. The third kappa shape index (κ3) is 2.56. The Morgan fingerprint density at radius 2 is 2.06 bits per heavy atom. The van der Waals surface area contributed by atoms with Crippen LogP contribution in [0.3, 0.4) is 0 Å². The molecule has 18 heavy (non-hydrogen) atoms. The van der Waals surface area contributed by atoms with Gasteiger partial charge in [0.2, 0.25) is 5.91 Å². The number of amides is 1. The highest BCUT2D eigenvalue weighted by Crippen LogP contribution is 2.48. The fourth-order valence-corrected chi connectivity index (χ4v) is 2.39. The predicted octanol–water partition coefficient (Wildman–Crippen LogP) is 2.00. The lowest BCUT2D eigenvalue weighted by Crippen LogP contribution is -2.41. The van der Waals surface area contributed by atoms with Gasteiger partial charge in [-0.15, -0.1) is 0 Å². The number of hydrogen-bond donors (Lipinski definition) is 2. The summed E-state index contributed by atoms with van der Waals surface area (Å²) in [6, 6.07) is 10.1. The van der Waals surface area contributed by atoms with E-state index in [9.17, 15) is 4.79 Å². The fourth-order valence-electron chi connectivity index (χ4n) is 2.39. The molecule has 2 rings (SSSR count). The van der Waals surface area contributed by atoms with Crippen molar-refractivity contribution in [1.82, 2.24) is 5.32 Å². The van der Waals surface area contributed by atoms with E-state index >= 15 is 0 Å². The molecule has 0 aliphatic heterocycles. The molecule has 0 bridgehead atoms. The lowest BCUT2D eigenvalue weighted by Gasteiger charge is -2.21. The van der Waals surface area contributed by atoms with Crippen molar-refractivity contribution in [3.8, 4) is 0 Å². The van der Waals surface area contributed by atoms with Crippen LogP contribution in [-0.2, 0) is 10.2 Å². The van der Waals surface area contributed by atoms with Crippen LogP contribution in [0, 0.1) is 0 Å². The molecule has 1 aliphatic carbocycles. The van der Waals surface area contributed by atoms with Crippen LogP contribution in [-0.4, -0.2) is 23.7 Å². The number of carbonyl (C=O) groups excluding carboxylic acids is 1. The van der Waals surface area contributed by atoms with Crippen LogP contribution in [0.4, 0.5) is 0 Å². The highest BCUT2D eigenvalue weighted by atomic mass is 16.3. The predicted molar refractivity (Wildman–Crippen MR) is 71.3 cm³/mol. The van der Waals surface area contributed by atoms with Gasteiger partial charge in [0.15, 0.2) is 0 Å². The molecule has 0 heterocycles. The monoisotopic (exact) mass is 247 g/mol. The smallest absolute Gasteiger partial charge is 0.230 e. The van der Waals surface area contributed by atoms with Crippen molar-refractivity contribution < 1.29 is 9.90 Å². The first-order valence-electron chi connectivity index (χ1n) is 6.70. The van der Waals surface area contributed by atoms with Gasteiger partial charge in [0.25, 0.3) is 0 Å². The first kappa shape index (κ1) is 13.1. The van der Waals surface area contributed by atoms with Crippen molar-refractivity contribution >= 4 is 5.91 Å². The van der Waals surface area contributed by atoms with Gasteiger partial charge in [-0.05, 0) is 31.2 Å². The van der Waals surface area contributed by atoms with Crippen LogP contribution >= 0.6 is 0 Å². The topological polar surface area (TPSA) is 49.3 Å². The molecule has 1 aromatic rings. The molecule has 1 saturated carbocycles. The zero-order valence-corrected chi connectivity index (χ0v) is 10.9. The summed E-state index contributed by atoms with van der Waals surface area (Å²) in [4.78, 5) is 12.4. The molecule has 98 valence electrons. The van der Waals surface area contributed by atoms with E-state index in [2.05, 4.69) is 5.32 Å². The van der Waals surface area contributed by atoms with Crippen LogP contribution in [0.15, 0.2) is 30.3 Å². The van der Waals surface area contributed by atoms with Crippen molar-refractivity contribution in [3.63, 3.8) is 0 Å². The Labute approximate surface area is 108 Å². The molecule has 1 amide bonds. The minimum atomic E-state index is -0.301. The van der Waals surface area contributed by atoms with Gasteiger partial charge in [0.05, 0.1) is 5.41 Å². The minimum Gasteiger partial charge on any atom is -0.396 e. The van der Waals surface area contributed by atoms with Crippen molar-refractivity contribution in [2.75, 3.05) is 6.61 Å². The molecule has 0 saturated heterocycles. The molecule has 1 unspecified atom stereocenters. The largest absolute Gasteiger partial charge is 0.396 e. The van der Waals surface area contributed by atoms with Crippen LogP contribution in [0.1, 0.15) is 38.2 Å². The van der Waals surface area contributed by atoms with Gasteiger partial charge in [-0.1, -0.05) is 37.3 Å². The molecular formula is C15H21NO2. The molecule has 1 atom stereocenters. The van der Waals surface area contributed by atoms with Crippen molar-refractivity contribution in [2.24, 2.45) is 0 Å². The molecule has 0 spiro atoms. The van der Waals surface area contributed by atoms with Gasteiger partial charge in [0, 0.05) is 12.6 Å². The number of carbonyl (C=O) groups is 1. The second kappa shape index (κ2) is 5.53. The van der Waals surface area contributed by atoms with Gasteiger partial charge >= 0.3 is 0 Å². The highest BCUT2D eigenvalue weighted by molar-refractivity contribution is 5.91. The third-order valence-electron chi connectivity index (χ3n) is 3.82. The Morgan fingerprint density at radius 1 is 1.39 bits per heavy atom. The average Bonchev–Trinajstić information content (AvgIpc) is 3.20. The number of nitrogens with one attached hydrogen (secondary N) is 1. The summed E-state index contributed by atoms with van der Waals surface area (Å²) in [7, 11) is 0. The Hall–Kier alpha value is -1.35. The number of aliphatic hydroxyl groups excluding tert-OH is 1. The van der Waals surface area contributed by atoms with E-state index in [1.807, 2.05) is 37.3 Å². The number of rotatable bonds is 6. The minimum absolute atomic E-state index is 0.0867. The zero-order valence-electron chi connectivity index (χ0n) is 10.9. The van der Waals surface area contributed by atoms with E-state index in [0.717, 1.165) is 24.8 Å². The first-order chi connectivity index (χ1) is 8.73. The molecule has 1 aromatic carbocycles. The molecule has 2 N–H and O–H groups in total. The van der Waals surface area contributed by atoms with Crippen molar-refractivity contribution in [1.29, 1.82) is 0 Å². The molecule has 1 aliphatic rings. The van der Waals surface area contributed by atoms with Crippen LogP contribution in [0.5, 0.6) is 0 Å². The maximum atomic E-state index is 12.4. The fraction of sp³-hybridized carbons (Fsp3) is 0.533. The first-order valence-corrected chi connectivity index (χ1v) is 6.70. The maximum absolute atomic E-state index is 12.4. The van der Waals surface area contributed by atoms with E-state index in [0.29, 0.717) is 6.42 Å². The second-order valence-corrected chi connectivity index (χ2v) is 5.04. The average molecular weight is 247 g/mol. The van der Waals surface area contributed by atoms with E-state index in [1.165, 1.54) is 0 Å². The number of benzene rings is 1. The molecule has 1 fully saturated rings. The maximum Gasteiger partial charge on any atom is 0.230 e. The molecule has 0 radical (unpaired) electrons. The van der Waals surface area contributed by atoms with Gasteiger partial charge < -0.3 is 10.4 Å². The van der Waals surface area contributed by atoms with Crippen LogP contribution < -0.4 is 5.32 Å². The van der Waals surface area contributed by atoms with E-state index < -0.39 is 0 Å². The van der Waals surface area contributed by atoms with Gasteiger partial charge in [0.1, 0.15) is 0 Å². The molecule has 3 heteroatoms. The van der Waals surface area contributed by atoms with E-state index in [4.69, 9.17) is 5.11 Å². The Kier molecular flexibility index (Phi) is 4.02. The normalized spacial score (nSPS) is 18.1. The summed E-state index contributed by atoms with van der Waals surface area (Å²) in [5.74, 6) is 0.119. The molecule has 0 aromatic heterocycles. The summed E-state index contributed by atoms with van der Waals surface area (Å²) in [6.07, 6.45) is 3.35. The lowest BCUT2D eigenvalue weighted by atomic mass is 9.94. The van der Waals surface area contributed by atoms with Crippen molar-refractivity contribution in [3.05, 3.63) is 35.9 Å². The Morgan fingerprint density at radius 3 is 2.56 bits per heavy atom. The summed E-state index contributed by atoms with van der Waals surface area (Å²) >= 11 is 0. The molecule has 3 nitrogen and oxygen atoms in total. The van der Waals surface area contributed by atoms with Crippen molar-refractivity contribution in [2.45, 2.75) is 44.1 Å². The van der Waals surface area contributed by atoms with Crippen LogP contribution in [0.25, 0.3) is 0 Å². The van der Waals surface area contributed by atoms with E-state index in [-0.39, 0.29) is 24.0 Å². The zero-order chi connectivity index (χ0) is 13.0. The summed E-state index contributed by atoms with van der Waals surface area (Å²) < 4.78 is 0. The van der Waals surface area contributed by atoms with Gasteiger partial charge in [-0.3, -0.25) is 4.79 Å². The summed E-state index contributed by atoms with van der Waals surface area (Å²) in [5, 5.41) is 12.0. The van der Waals surface area contributed by atoms with Crippen LogP contribution in [0.2, 0.25) is 0 Å². The highest BCUT2D eigenvalue weighted by Gasteiger charge is 2.51. The summed E-state index contributed by atoms with van der Waals surface area (Å²) in [6.45, 7) is 2.15. The third-order valence-corrected chi connectivity index (χ3v) is 3.82. The standard InChI is InChI=1S/C15H21NO2/c1-2-13(8-11-17)16-14(18)15(9-10-15)12-6-4-3-5-7-12/h3-7,13,17H,2,8-11H2,1H3,(H,16,18). The van der Waals surface area contributed by atoms with Gasteiger partial charge in [-0.2, -0.15) is 0 Å². The SMILES string of the molecule is CCC(CCO)NC(=O)C1(c2ccccc2)CC1. The lowest BCUT2D eigenvalue weighted by molar-refractivity contribution is -0.124. The van der Waals surface area contributed by atoms with Gasteiger partial charge in [-0.25, -0.2) is 0 Å². The quantitative estimate of drug-likeness (QED) is 0.807. The number of aliphatic hydroxyl groups is 1. The second-order valence-electron chi connectivity index (χ2n) is 5.04. The molecular weight excluding hydrogens is 226 g/mol.